The quantitative estimate of drug-likeness (QED) is 0.428. The second kappa shape index (κ2) is 15.5. The van der Waals surface area contributed by atoms with Crippen LogP contribution < -0.4 is 24.8 Å². The molecule has 0 amide bonds. The second-order valence-corrected chi connectivity index (χ2v) is 10.2. The van der Waals surface area contributed by atoms with E-state index in [0.717, 1.165) is 0 Å². The molecule has 29 heavy (non-hydrogen) atoms. The van der Waals surface area contributed by atoms with Crippen molar-refractivity contribution in [1.29, 1.82) is 0 Å². The molecule has 1 aromatic rings. The van der Waals surface area contributed by atoms with Crippen molar-refractivity contribution < 1.29 is 44.0 Å². The monoisotopic (exact) mass is 480 g/mol. The molecule has 158 valence electrons. The zero-order valence-corrected chi connectivity index (χ0v) is 23.3. The fourth-order valence-electron chi connectivity index (χ4n) is 3.06. The number of halogens is 2. The molecule has 3 rings (SSSR count). The Hall–Kier alpha value is -0.309. The average molecular weight is 481 g/mol. The molecule has 0 N–H and O–H groups in total. The van der Waals surface area contributed by atoms with E-state index in [4.69, 9.17) is 0 Å². The summed E-state index contributed by atoms with van der Waals surface area (Å²) in [6, 6.07) is 11.9. The zero-order valence-electron chi connectivity index (χ0n) is 19.1. The van der Waals surface area contributed by atoms with Gasteiger partial charge in [0.2, 0.25) is 0 Å². The first-order valence-corrected chi connectivity index (χ1v) is 13.9. The SMILES string of the molecule is CC1=[C-]C(C)C(C)=C1C.CC1=[C-]C(C)C(C)=C1C.[Cl-].[Cl-].[Ti+2]=[SiH]Cc1ccccc1. The van der Waals surface area contributed by atoms with Crippen LogP contribution in [0.3, 0.4) is 0 Å². The molecule has 1 aromatic carbocycles. The Bertz CT molecular complexity index is 729. The van der Waals surface area contributed by atoms with Crippen molar-refractivity contribution >= 4 is 6.91 Å². The standard InChI is InChI=1S/2C9H13.C7H8Si.2ClH.Ti/c2*1-6-5-7(2)9(4)8(6)3;8-6-7-4-2-1-3-5-7;;;/h2*6H,1-4H3;1-5,8H,6H2;2*1H;/q2*-1;;;;+2/p-2. The molecule has 2 aliphatic carbocycles. The van der Waals surface area contributed by atoms with Crippen LogP contribution in [0.5, 0.6) is 0 Å². The molecule has 2 unspecified atom stereocenters. The van der Waals surface area contributed by atoms with Crippen LogP contribution in [0.2, 0.25) is 0 Å². The molecule has 0 bridgehead atoms. The Morgan fingerprint density at radius 2 is 1.14 bits per heavy atom. The van der Waals surface area contributed by atoms with E-state index in [1.54, 1.807) is 0 Å². The minimum absolute atomic E-state index is 0. The molecule has 0 aromatic heterocycles. The van der Waals surface area contributed by atoms with Crippen LogP contribution in [0.15, 0.2) is 63.8 Å². The van der Waals surface area contributed by atoms with Crippen molar-refractivity contribution in [3.8, 4) is 0 Å². The first-order valence-electron chi connectivity index (χ1n) is 9.77. The van der Waals surface area contributed by atoms with E-state index in [1.807, 2.05) is 0 Å². The Labute approximate surface area is 204 Å². The molecule has 0 spiro atoms. The Balaban J connectivity index is 0. The molecule has 2 aliphatic rings. The van der Waals surface area contributed by atoms with Crippen LogP contribution in [0, 0.1) is 24.0 Å². The van der Waals surface area contributed by atoms with Gasteiger partial charge in [-0.1, -0.05) is 53.4 Å². The van der Waals surface area contributed by atoms with Gasteiger partial charge in [-0.15, -0.1) is 13.8 Å². The van der Waals surface area contributed by atoms with E-state index in [2.05, 4.69) is 117 Å². The molecule has 0 radical (unpaired) electrons. The molecule has 0 aliphatic heterocycles. The van der Waals surface area contributed by atoms with E-state index in [1.165, 1.54) is 45.0 Å². The molecular weight excluding hydrogens is 447 g/mol. The first-order chi connectivity index (χ1) is 12.7. The van der Waals surface area contributed by atoms with Crippen molar-refractivity contribution in [2.75, 3.05) is 0 Å². The van der Waals surface area contributed by atoms with Crippen molar-refractivity contribution in [1.82, 2.24) is 0 Å². The van der Waals surface area contributed by atoms with Gasteiger partial charge in [0.05, 0.1) is 0 Å². The predicted octanol–water partition coefficient (Wildman–Crippen LogP) is 0.537. The Morgan fingerprint density at radius 1 is 0.759 bits per heavy atom. The Kier molecular flexibility index (Phi) is 16.5. The third kappa shape index (κ3) is 10.0. The summed E-state index contributed by atoms with van der Waals surface area (Å²) in [6.07, 6.45) is 6.72. The fourth-order valence-corrected chi connectivity index (χ4v) is 4.67. The fraction of sp³-hybridized carbons (Fsp3) is 0.440. The van der Waals surface area contributed by atoms with Crippen LogP contribution in [0.1, 0.15) is 61.0 Å². The van der Waals surface area contributed by atoms with E-state index < -0.39 is 0 Å². The van der Waals surface area contributed by atoms with E-state index in [9.17, 15) is 0 Å². The molecule has 2 atom stereocenters. The third-order valence-corrected chi connectivity index (χ3v) is 7.29. The Morgan fingerprint density at radius 3 is 1.34 bits per heavy atom. The number of hydrogen-bond acceptors (Lipinski definition) is 0. The van der Waals surface area contributed by atoms with Gasteiger partial charge in [-0.3, -0.25) is 12.2 Å². The zero-order chi connectivity index (χ0) is 20.6. The van der Waals surface area contributed by atoms with Gasteiger partial charge in [0.15, 0.2) is 0 Å². The van der Waals surface area contributed by atoms with Gasteiger partial charge in [0.1, 0.15) is 0 Å². The average Bonchev–Trinajstić information content (AvgIpc) is 3.01. The van der Waals surface area contributed by atoms with Crippen molar-refractivity contribution in [3.63, 3.8) is 0 Å². The maximum absolute atomic E-state index is 3.36. The van der Waals surface area contributed by atoms with Crippen LogP contribution in [0.4, 0.5) is 0 Å². The third-order valence-electron chi connectivity index (χ3n) is 5.65. The summed E-state index contributed by atoms with van der Waals surface area (Å²) in [4.78, 5) is 0. The minimum atomic E-state index is 0. The van der Waals surface area contributed by atoms with Gasteiger partial charge in [0.25, 0.3) is 0 Å². The van der Waals surface area contributed by atoms with Crippen molar-refractivity contribution in [2.24, 2.45) is 11.8 Å². The summed E-state index contributed by atoms with van der Waals surface area (Å²) in [7, 11) is 0. The molecule has 0 saturated heterocycles. The normalized spacial score (nSPS) is 19.7. The number of hydrogen-bond donors (Lipinski definition) is 0. The molecule has 0 fully saturated rings. The first kappa shape index (κ1) is 30.9. The molecule has 0 saturated carbocycles. The predicted molar refractivity (Wildman–Crippen MR) is 117 cm³/mol. The molecular formula is C25H34Cl2SiTi-2. The summed E-state index contributed by atoms with van der Waals surface area (Å²) in [5.74, 6) is 1.12. The van der Waals surface area contributed by atoms with E-state index in [-0.39, 0.29) is 24.8 Å². The van der Waals surface area contributed by atoms with Gasteiger partial charge in [-0.2, -0.15) is 22.3 Å². The summed E-state index contributed by atoms with van der Waals surface area (Å²) < 4.78 is 0. The van der Waals surface area contributed by atoms with E-state index in [0.29, 0.717) is 18.7 Å². The van der Waals surface area contributed by atoms with Gasteiger partial charge in [-0.05, 0) is 0 Å². The van der Waals surface area contributed by atoms with Gasteiger partial charge >= 0.3 is 68.0 Å². The van der Waals surface area contributed by atoms with Gasteiger partial charge in [-0.25, -0.2) is 11.1 Å². The van der Waals surface area contributed by atoms with Crippen molar-refractivity contribution in [3.05, 3.63) is 81.5 Å². The van der Waals surface area contributed by atoms with Crippen LogP contribution >= 0.6 is 0 Å². The second-order valence-electron chi connectivity index (χ2n) is 7.49. The summed E-state index contributed by atoms with van der Waals surface area (Å²) in [5, 5.41) is 0. The summed E-state index contributed by atoms with van der Waals surface area (Å²) in [5.41, 5.74) is 9.97. The number of allylic oxidation sites excluding steroid dienone is 8. The summed E-state index contributed by atoms with van der Waals surface area (Å²) >= 11 is 2.28. The molecule has 0 heterocycles. The van der Waals surface area contributed by atoms with E-state index >= 15 is 0 Å². The van der Waals surface area contributed by atoms with Crippen LogP contribution in [0.25, 0.3) is 0 Å². The molecule has 0 nitrogen and oxygen atoms in total. The molecule has 4 heteroatoms. The summed E-state index contributed by atoms with van der Waals surface area (Å²) in [6.45, 7) is 18.0. The van der Waals surface area contributed by atoms with Crippen LogP contribution in [-0.2, 0) is 25.2 Å². The van der Waals surface area contributed by atoms with Gasteiger partial charge in [0, 0.05) is 0 Å². The van der Waals surface area contributed by atoms with Crippen molar-refractivity contribution in [2.45, 2.75) is 61.4 Å². The number of benzene rings is 1. The topological polar surface area (TPSA) is 0 Å². The number of rotatable bonds is 2. The van der Waals surface area contributed by atoms with Gasteiger partial charge < -0.3 is 24.8 Å². The van der Waals surface area contributed by atoms with Crippen LogP contribution in [-0.4, -0.2) is 6.91 Å². The maximum atomic E-state index is 3.36.